The fourth-order valence-corrected chi connectivity index (χ4v) is 2.37. The van der Waals surface area contributed by atoms with E-state index in [4.69, 9.17) is 9.47 Å². The van der Waals surface area contributed by atoms with Gasteiger partial charge in [0.2, 0.25) is 5.79 Å². The number of halogens is 1. The van der Waals surface area contributed by atoms with Gasteiger partial charge in [0.1, 0.15) is 0 Å². The molecule has 1 aromatic carbocycles. The van der Waals surface area contributed by atoms with E-state index < -0.39 is 5.79 Å². The van der Waals surface area contributed by atoms with Gasteiger partial charge in [0.05, 0.1) is 18.5 Å². The average Bonchev–Trinajstić information content (AvgIpc) is 2.31. The van der Waals surface area contributed by atoms with Crippen LogP contribution in [0.2, 0.25) is 0 Å². The number of hydrogen-bond donors (Lipinski definition) is 0. The van der Waals surface area contributed by atoms with Crippen molar-refractivity contribution in [1.29, 1.82) is 0 Å². The molecular formula is C13H17BrO2. The summed E-state index contributed by atoms with van der Waals surface area (Å²) in [6.07, 6.45) is 0. The van der Waals surface area contributed by atoms with Gasteiger partial charge < -0.3 is 9.47 Å². The van der Waals surface area contributed by atoms with Crippen molar-refractivity contribution < 1.29 is 9.47 Å². The van der Waals surface area contributed by atoms with Gasteiger partial charge in [-0.2, -0.15) is 0 Å². The number of hydrogen-bond acceptors (Lipinski definition) is 2. The van der Waals surface area contributed by atoms with Crippen LogP contribution < -0.4 is 0 Å². The summed E-state index contributed by atoms with van der Waals surface area (Å²) in [5.41, 5.74) is 1.17. The fraction of sp³-hybridized carbons (Fsp3) is 0.538. The standard InChI is InChI=1S/C13H17BrO2/c1-12(2)9-15-13(8-14,16-10-12)11-6-4-3-5-7-11/h3-7H,8-10H2,1-2H3. The lowest BCUT2D eigenvalue weighted by Gasteiger charge is -2.42. The summed E-state index contributed by atoms with van der Waals surface area (Å²) in [6.45, 7) is 5.73. The van der Waals surface area contributed by atoms with Gasteiger partial charge in [-0.25, -0.2) is 0 Å². The average molecular weight is 285 g/mol. The number of rotatable bonds is 2. The Morgan fingerprint density at radius 2 is 1.69 bits per heavy atom. The Bertz CT molecular complexity index is 338. The first kappa shape index (κ1) is 12.1. The molecule has 2 rings (SSSR count). The minimum atomic E-state index is -0.614. The lowest BCUT2D eigenvalue weighted by molar-refractivity contribution is -0.294. The van der Waals surface area contributed by atoms with Gasteiger partial charge in [0, 0.05) is 11.0 Å². The first-order valence-electron chi connectivity index (χ1n) is 5.47. The third kappa shape index (κ3) is 2.31. The van der Waals surface area contributed by atoms with Crippen molar-refractivity contribution in [1.82, 2.24) is 0 Å². The summed E-state index contributed by atoms with van der Waals surface area (Å²) in [6, 6.07) is 10.1. The summed E-state index contributed by atoms with van der Waals surface area (Å²) in [5.74, 6) is -0.614. The van der Waals surface area contributed by atoms with Crippen LogP contribution in [0.3, 0.4) is 0 Å². The molecule has 1 aliphatic rings. The highest BCUT2D eigenvalue weighted by molar-refractivity contribution is 9.09. The van der Waals surface area contributed by atoms with Crippen molar-refractivity contribution in [2.75, 3.05) is 18.5 Å². The Labute approximate surface area is 105 Å². The predicted octanol–water partition coefficient (Wildman–Crippen LogP) is 3.31. The van der Waals surface area contributed by atoms with Crippen LogP contribution in [0.1, 0.15) is 19.4 Å². The van der Waals surface area contributed by atoms with Gasteiger partial charge in [0.15, 0.2) is 0 Å². The van der Waals surface area contributed by atoms with Crippen LogP contribution >= 0.6 is 15.9 Å². The van der Waals surface area contributed by atoms with E-state index in [2.05, 4.69) is 29.8 Å². The Balaban J connectivity index is 2.23. The Hall–Kier alpha value is -0.380. The molecular weight excluding hydrogens is 268 g/mol. The van der Waals surface area contributed by atoms with Crippen LogP contribution in [0.25, 0.3) is 0 Å². The maximum atomic E-state index is 5.95. The van der Waals surface area contributed by atoms with Gasteiger partial charge in [0.25, 0.3) is 0 Å². The monoisotopic (exact) mass is 284 g/mol. The van der Waals surface area contributed by atoms with Crippen LogP contribution in [-0.2, 0) is 15.3 Å². The molecule has 0 saturated carbocycles. The lowest BCUT2D eigenvalue weighted by atomic mass is 9.94. The Morgan fingerprint density at radius 3 is 2.19 bits per heavy atom. The van der Waals surface area contributed by atoms with Gasteiger partial charge >= 0.3 is 0 Å². The summed E-state index contributed by atoms with van der Waals surface area (Å²) in [7, 11) is 0. The van der Waals surface area contributed by atoms with Crippen LogP contribution in [0.15, 0.2) is 30.3 Å². The van der Waals surface area contributed by atoms with E-state index in [0.717, 1.165) is 5.56 Å². The molecule has 1 fully saturated rings. The summed E-state index contributed by atoms with van der Waals surface area (Å²) < 4.78 is 11.9. The zero-order valence-corrected chi connectivity index (χ0v) is 11.3. The van der Waals surface area contributed by atoms with Crippen LogP contribution in [-0.4, -0.2) is 18.5 Å². The van der Waals surface area contributed by atoms with Gasteiger partial charge in [-0.15, -0.1) is 0 Å². The minimum absolute atomic E-state index is 0.0977. The first-order chi connectivity index (χ1) is 7.58. The maximum Gasteiger partial charge on any atom is 0.204 e. The van der Waals surface area contributed by atoms with E-state index in [1.807, 2.05) is 30.3 Å². The second-order valence-electron chi connectivity index (χ2n) is 4.99. The van der Waals surface area contributed by atoms with Gasteiger partial charge in [-0.1, -0.05) is 60.1 Å². The van der Waals surface area contributed by atoms with Crippen molar-refractivity contribution in [3.63, 3.8) is 0 Å². The van der Waals surface area contributed by atoms with E-state index in [9.17, 15) is 0 Å². The normalized spacial score (nSPS) is 22.9. The predicted molar refractivity (Wildman–Crippen MR) is 67.6 cm³/mol. The molecule has 16 heavy (non-hydrogen) atoms. The summed E-state index contributed by atoms with van der Waals surface area (Å²) >= 11 is 3.49. The largest absolute Gasteiger partial charge is 0.345 e. The smallest absolute Gasteiger partial charge is 0.204 e. The lowest BCUT2D eigenvalue weighted by Crippen LogP contribution is -2.46. The molecule has 1 aliphatic heterocycles. The van der Waals surface area contributed by atoms with E-state index in [1.54, 1.807) is 0 Å². The second kappa shape index (κ2) is 4.47. The molecule has 1 saturated heterocycles. The zero-order valence-electron chi connectivity index (χ0n) is 9.70. The number of ether oxygens (including phenoxy) is 2. The molecule has 2 nitrogen and oxygen atoms in total. The third-order valence-electron chi connectivity index (χ3n) is 2.78. The summed E-state index contributed by atoms with van der Waals surface area (Å²) in [4.78, 5) is 0. The van der Waals surface area contributed by atoms with Crippen molar-refractivity contribution in [2.45, 2.75) is 19.6 Å². The highest BCUT2D eigenvalue weighted by Crippen LogP contribution is 2.37. The van der Waals surface area contributed by atoms with Gasteiger partial charge in [-0.05, 0) is 0 Å². The Kier molecular flexibility index (Phi) is 3.38. The Morgan fingerprint density at radius 1 is 1.12 bits per heavy atom. The SMILES string of the molecule is CC1(C)COC(CBr)(c2ccccc2)OC1. The van der Waals surface area contributed by atoms with E-state index in [1.165, 1.54) is 0 Å². The number of benzene rings is 1. The molecule has 1 aromatic rings. The van der Waals surface area contributed by atoms with E-state index in [0.29, 0.717) is 18.5 Å². The van der Waals surface area contributed by atoms with E-state index >= 15 is 0 Å². The van der Waals surface area contributed by atoms with Crippen LogP contribution in [0.4, 0.5) is 0 Å². The topological polar surface area (TPSA) is 18.5 Å². The molecule has 0 aromatic heterocycles. The van der Waals surface area contributed by atoms with Crippen molar-refractivity contribution >= 4 is 15.9 Å². The zero-order chi connectivity index (χ0) is 11.6. The molecule has 1 heterocycles. The molecule has 0 atom stereocenters. The maximum absolute atomic E-state index is 5.95. The molecule has 0 bridgehead atoms. The summed E-state index contributed by atoms with van der Waals surface area (Å²) in [5, 5.41) is 0.653. The molecule has 0 N–H and O–H groups in total. The van der Waals surface area contributed by atoms with Crippen LogP contribution in [0, 0.1) is 5.41 Å². The minimum Gasteiger partial charge on any atom is -0.345 e. The number of alkyl halides is 1. The first-order valence-corrected chi connectivity index (χ1v) is 6.60. The van der Waals surface area contributed by atoms with Crippen LogP contribution in [0.5, 0.6) is 0 Å². The van der Waals surface area contributed by atoms with Crippen molar-refractivity contribution in [3.05, 3.63) is 35.9 Å². The van der Waals surface area contributed by atoms with E-state index in [-0.39, 0.29) is 5.41 Å². The molecule has 0 aliphatic carbocycles. The molecule has 3 heteroatoms. The van der Waals surface area contributed by atoms with Crippen molar-refractivity contribution in [3.8, 4) is 0 Å². The highest BCUT2D eigenvalue weighted by atomic mass is 79.9. The van der Waals surface area contributed by atoms with Gasteiger partial charge in [-0.3, -0.25) is 0 Å². The molecule has 0 radical (unpaired) electrons. The second-order valence-corrected chi connectivity index (χ2v) is 5.55. The quantitative estimate of drug-likeness (QED) is 0.776. The third-order valence-corrected chi connectivity index (χ3v) is 3.52. The van der Waals surface area contributed by atoms with Crippen molar-refractivity contribution in [2.24, 2.45) is 5.41 Å². The molecule has 88 valence electrons. The highest BCUT2D eigenvalue weighted by Gasteiger charge is 2.41. The molecule has 0 unspecified atom stereocenters. The molecule has 0 spiro atoms. The fourth-order valence-electron chi connectivity index (χ4n) is 1.72. The molecule has 0 amide bonds.